The molecule has 1 N–H and O–H groups in total. The second kappa shape index (κ2) is 14.9. The van der Waals surface area contributed by atoms with Crippen LogP contribution < -0.4 is 14.4 Å². The highest BCUT2D eigenvalue weighted by atomic mass is 32.2. The summed E-state index contributed by atoms with van der Waals surface area (Å²) in [6, 6.07) is 20.0. The Hall–Kier alpha value is -3.85. The van der Waals surface area contributed by atoms with E-state index in [2.05, 4.69) is 5.32 Å². The minimum atomic E-state index is -4.15. The molecule has 9 heteroatoms. The molecule has 0 unspecified atom stereocenters. The number of nitrogens with one attached hydrogen (secondary N) is 1. The van der Waals surface area contributed by atoms with Crippen LogP contribution in [0, 0.1) is 13.8 Å². The molecule has 0 heterocycles. The Morgan fingerprint density at radius 3 is 1.93 bits per heavy atom. The van der Waals surface area contributed by atoms with Crippen molar-refractivity contribution in [2.75, 3.05) is 17.5 Å². The Kier molecular flexibility index (Phi) is 11.6. The zero-order chi connectivity index (χ0) is 30.9. The molecule has 3 aromatic carbocycles. The zero-order valence-electron chi connectivity index (χ0n) is 25.5. The lowest BCUT2D eigenvalue weighted by molar-refractivity contribution is -0.140. The lowest BCUT2D eigenvalue weighted by Gasteiger charge is -2.33. The number of carbonyl (C=O) groups is 2. The number of ether oxygens (including phenoxy) is 1. The number of benzene rings is 3. The first kappa shape index (κ1) is 32.7. The summed E-state index contributed by atoms with van der Waals surface area (Å²) in [5, 5.41) is 3.00. The second-order valence-electron chi connectivity index (χ2n) is 10.5. The van der Waals surface area contributed by atoms with Gasteiger partial charge in [-0.15, -0.1) is 0 Å². The Balaban J connectivity index is 2.04. The van der Waals surface area contributed by atoms with Gasteiger partial charge in [0, 0.05) is 12.6 Å². The lowest BCUT2D eigenvalue weighted by atomic mass is 10.1. The average molecular weight is 594 g/mol. The Bertz CT molecular complexity index is 1420. The molecule has 0 bridgehead atoms. The van der Waals surface area contributed by atoms with Gasteiger partial charge in [0.2, 0.25) is 11.8 Å². The van der Waals surface area contributed by atoms with Crippen molar-refractivity contribution < 1.29 is 22.7 Å². The third-order valence-corrected chi connectivity index (χ3v) is 8.97. The van der Waals surface area contributed by atoms with Crippen molar-refractivity contribution in [1.82, 2.24) is 10.2 Å². The van der Waals surface area contributed by atoms with Crippen molar-refractivity contribution in [3.8, 4) is 5.75 Å². The van der Waals surface area contributed by atoms with Crippen molar-refractivity contribution >= 4 is 27.5 Å². The third-order valence-electron chi connectivity index (χ3n) is 7.18. The fourth-order valence-electron chi connectivity index (χ4n) is 4.49. The van der Waals surface area contributed by atoms with Gasteiger partial charge in [-0.25, -0.2) is 8.42 Å². The van der Waals surface area contributed by atoms with Gasteiger partial charge in [0.25, 0.3) is 10.0 Å². The highest BCUT2D eigenvalue weighted by molar-refractivity contribution is 7.92. The molecule has 3 rings (SSSR count). The van der Waals surface area contributed by atoms with Crippen molar-refractivity contribution in [1.29, 1.82) is 0 Å². The van der Waals surface area contributed by atoms with Gasteiger partial charge in [-0.2, -0.15) is 0 Å². The first-order valence-electron chi connectivity index (χ1n) is 14.5. The SMILES string of the molecule is CCOc1ccc(S(=O)(=O)N(CC(=O)N(Cc2ccc(C)cc2)[C@@H](CC)C(=O)N[C@H](C)CC)c2ccc(C)cc2)cc1. The van der Waals surface area contributed by atoms with Crippen molar-refractivity contribution in [3.63, 3.8) is 0 Å². The van der Waals surface area contributed by atoms with E-state index in [9.17, 15) is 18.0 Å². The third kappa shape index (κ3) is 8.35. The largest absolute Gasteiger partial charge is 0.494 e. The summed E-state index contributed by atoms with van der Waals surface area (Å²) in [6.07, 6.45) is 1.12. The van der Waals surface area contributed by atoms with Crippen molar-refractivity contribution in [2.24, 2.45) is 0 Å². The quantitative estimate of drug-likeness (QED) is 0.262. The normalized spacial score (nSPS) is 12.7. The topological polar surface area (TPSA) is 96.0 Å². The van der Waals surface area contributed by atoms with E-state index in [0.717, 1.165) is 27.4 Å². The van der Waals surface area contributed by atoms with E-state index in [-0.39, 0.29) is 23.4 Å². The molecule has 2 atom stereocenters. The lowest BCUT2D eigenvalue weighted by Crippen LogP contribution is -2.53. The summed E-state index contributed by atoms with van der Waals surface area (Å²) in [4.78, 5) is 29.1. The highest BCUT2D eigenvalue weighted by Gasteiger charge is 2.34. The zero-order valence-corrected chi connectivity index (χ0v) is 26.3. The molecule has 0 aliphatic heterocycles. The molecular weight excluding hydrogens is 550 g/mol. The first-order valence-corrected chi connectivity index (χ1v) is 15.9. The molecule has 0 saturated carbocycles. The predicted molar refractivity (Wildman–Crippen MR) is 167 cm³/mol. The van der Waals surface area contributed by atoms with Gasteiger partial charge in [0.1, 0.15) is 18.3 Å². The number of hydrogen-bond donors (Lipinski definition) is 1. The number of hydrogen-bond acceptors (Lipinski definition) is 5. The monoisotopic (exact) mass is 593 g/mol. The molecule has 3 aromatic rings. The molecule has 226 valence electrons. The summed E-state index contributed by atoms with van der Waals surface area (Å²) < 4.78 is 34.7. The van der Waals surface area contributed by atoms with Crippen LogP contribution in [0.5, 0.6) is 5.75 Å². The summed E-state index contributed by atoms with van der Waals surface area (Å²) in [7, 11) is -4.15. The standard InChI is InChI=1S/C33H43N3O5S/c1-7-26(6)34-33(38)31(8-2)35(22-27-14-10-24(4)11-15-27)32(37)23-36(28-16-12-25(5)13-17-28)42(39,40)30-20-18-29(19-21-30)41-9-3/h10-21,26,31H,7-9,22-23H2,1-6H3,(H,34,38)/t26-,31+/m1/s1. The van der Waals surface area contributed by atoms with E-state index in [1.54, 1.807) is 36.4 Å². The van der Waals surface area contributed by atoms with E-state index in [1.807, 2.05) is 65.8 Å². The summed E-state index contributed by atoms with van der Waals surface area (Å²) in [5.41, 5.74) is 3.23. The Morgan fingerprint density at radius 1 is 0.833 bits per heavy atom. The number of amides is 2. The minimum absolute atomic E-state index is 0.0333. The molecular formula is C33H43N3O5S. The van der Waals surface area contributed by atoms with E-state index in [0.29, 0.717) is 24.5 Å². The number of aryl methyl sites for hydroxylation is 2. The molecule has 2 amide bonds. The van der Waals surface area contributed by atoms with Gasteiger partial charge in [-0.05, 0) is 82.5 Å². The maximum absolute atomic E-state index is 14.2. The van der Waals surface area contributed by atoms with Crippen LogP contribution in [0.2, 0.25) is 0 Å². The van der Waals surface area contributed by atoms with Crippen molar-refractivity contribution in [3.05, 3.63) is 89.5 Å². The van der Waals surface area contributed by atoms with E-state index in [1.165, 1.54) is 17.0 Å². The van der Waals surface area contributed by atoms with Crippen molar-refractivity contribution in [2.45, 2.75) is 77.9 Å². The van der Waals surface area contributed by atoms with Gasteiger partial charge >= 0.3 is 0 Å². The van der Waals surface area contributed by atoms with E-state index in [4.69, 9.17) is 4.74 Å². The van der Waals surface area contributed by atoms with E-state index < -0.39 is 28.5 Å². The van der Waals surface area contributed by atoms with E-state index >= 15 is 0 Å². The van der Waals surface area contributed by atoms with Crippen LogP contribution in [-0.2, 0) is 26.2 Å². The molecule has 0 aliphatic carbocycles. The van der Waals surface area contributed by atoms with Crippen LogP contribution in [0.4, 0.5) is 5.69 Å². The van der Waals surface area contributed by atoms with Gasteiger partial charge < -0.3 is 15.0 Å². The summed E-state index contributed by atoms with van der Waals surface area (Å²) in [6.45, 7) is 11.6. The number of carbonyl (C=O) groups excluding carboxylic acids is 2. The highest BCUT2D eigenvalue weighted by Crippen LogP contribution is 2.26. The van der Waals surface area contributed by atoms with Crippen LogP contribution in [-0.4, -0.2) is 50.4 Å². The van der Waals surface area contributed by atoms with Gasteiger partial charge in [-0.1, -0.05) is 61.4 Å². The van der Waals surface area contributed by atoms with Gasteiger partial charge in [0.15, 0.2) is 0 Å². The maximum Gasteiger partial charge on any atom is 0.264 e. The second-order valence-corrected chi connectivity index (χ2v) is 12.4. The van der Waals surface area contributed by atoms with Crippen LogP contribution >= 0.6 is 0 Å². The first-order chi connectivity index (χ1) is 20.0. The summed E-state index contributed by atoms with van der Waals surface area (Å²) >= 11 is 0. The summed E-state index contributed by atoms with van der Waals surface area (Å²) in [5.74, 6) is -0.183. The molecule has 42 heavy (non-hydrogen) atoms. The molecule has 0 aromatic heterocycles. The molecule has 0 aliphatic rings. The molecule has 8 nitrogen and oxygen atoms in total. The molecule has 0 spiro atoms. The number of rotatable bonds is 14. The molecule has 0 saturated heterocycles. The van der Waals surface area contributed by atoms with Crippen LogP contribution in [0.15, 0.2) is 77.7 Å². The van der Waals surface area contributed by atoms with Gasteiger partial charge in [0.05, 0.1) is 17.2 Å². The van der Waals surface area contributed by atoms with Gasteiger partial charge in [-0.3, -0.25) is 13.9 Å². The Labute approximate surface area is 250 Å². The fourth-order valence-corrected chi connectivity index (χ4v) is 5.91. The predicted octanol–water partition coefficient (Wildman–Crippen LogP) is 5.62. The number of sulfonamides is 1. The number of nitrogens with zero attached hydrogens (tertiary/aromatic N) is 2. The fraction of sp³-hybridized carbons (Fsp3) is 0.394. The van der Waals surface area contributed by atoms with Crippen LogP contribution in [0.25, 0.3) is 0 Å². The van der Waals surface area contributed by atoms with Crippen LogP contribution in [0.1, 0.15) is 57.2 Å². The maximum atomic E-state index is 14.2. The molecule has 0 radical (unpaired) electrons. The minimum Gasteiger partial charge on any atom is -0.494 e. The number of anilines is 1. The van der Waals surface area contributed by atoms with Crippen LogP contribution in [0.3, 0.4) is 0 Å². The molecule has 0 fully saturated rings. The Morgan fingerprint density at radius 2 is 1.40 bits per heavy atom. The average Bonchev–Trinajstić information content (AvgIpc) is 2.97. The smallest absolute Gasteiger partial charge is 0.264 e.